The monoisotopic (exact) mass is 771 g/mol. The number of Topliss-reactive ketones (excluding diaryl/α,β-unsaturated/α-hetero) is 2. The van der Waals surface area contributed by atoms with Crippen molar-refractivity contribution in [1.82, 2.24) is 25.2 Å². The number of hydrogen-bond donors (Lipinski definition) is 2. The van der Waals surface area contributed by atoms with E-state index in [1.165, 1.54) is 5.39 Å². The molecule has 2 saturated carbocycles. The number of nitrogens with one attached hydrogen (secondary N) is 2. The van der Waals surface area contributed by atoms with Gasteiger partial charge in [0, 0.05) is 110 Å². The largest absolute Gasteiger partial charge is 0.490 e. The third-order valence-electron chi connectivity index (χ3n) is 11.9. The molecule has 13 nitrogen and oxygen atoms in total. The summed E-state index contributed by atoms with van der Waals surface area (Å²) in [5.41, 5.74) is 5.07. The Morgan fingerprint density at radius 2 is 1.61 bits per heavy atom. The van der Waals surface area contributed by atoms with Crippen LogP contribution in [0.4, 0.5) is 0 Å². The maximum atomic E-state index is 13.2. The first-order valence-corrected chi connectivity index (χ1v) is 19.9. The van der Waals surface area contributed by atoms with Crippen LogP contribution in [0.25, 0.3) is 32.9 Å². The highest BCUT2D eigenvalue weighted by Gasteiger charge is 2.47. The third kappa shape index (κ3) is 7.54. The first-order valence-electron chi connectivity index (χ1n) is 19.9. The van der Waals surface area contributed by atoms with Crippen LogP contribution in [0, 0.1) is 11.8 Å². The first kappa shape index (κ1) is 37.1. The van der Waals surface area contributed by atoms with E-state index >= 15 is 0 Å². The molecule has 2 N–H and O–H groups in total. The van der Waals surface area contributed by atoms with Crippen molar-refractivity contribution in [3.05, 3.63) is 84.3 Å². The number of carbonyl (C=O) groups excluding carboxylic acids is 4. The number of carbonyl (C=O) groups is 4. The van der Waals surface area contributed by atoms with Gasteiger partial charge in [0.15, 0.2) is 11.6 Å². The number of imide groups is 1. The van der Waals surface area contributed by atoms with Gasteiger partial charge in [-0.15, -0.1) is 0 Å². The van der Waals surface area contributed by atoms with Crippen molar-refractivity contribution in [2.75, 3.05) is 26.4 Å². The Bertz CT molecular complexity index is 2350. The molecule has 5 aromatic rings. The van der Waals surface area contributed by atoms with Crippen LogP contribution in [0.15, 0.2) is 73.2 Å². The fourth-order valence-electron chi connectivity index (χ4n) is 8.51. The minimum Gasteiger partial charge on any atom is -0.490 e. The highest BCUT2D eigenvalue weighted by atomic mass is 16.5. The van der Waals surface area contributed by atoms with Crippen LogP contribution in [0.5, 0.6) is 11.6 Å². The van der Waals surface area contributed by atoms with E-state index in [9.17, 15) is 19.2 Å². The normalized spacial score (nSPS) is 24.3. The Labute approximate surface area is 329 Å². The lowest BCUT2D eigenvalue weighted by Crippen LogP contribution is -2.47. The minimum atomic E-state index is -1.08. The topological polar surface area (TPSA) is 160 Å². The standard InChI is InChI=1S/C44H45N5O8/c1-49-37-11-12-45-24-36(37)32-6-3-25(17-38(32)49)26-4-10-40(47-23-26)57-31-20-29(21-31)55-15-2-14-54-16-13-46-27-18-30(19-27)56-28-5-7-33-35(22-28)43(52)41(42(33)51)34-8-9-39(50)48-44(34)53/h3-7,10-12,17,22-24,27,29-31,34,41,46H,2,8-9,13-16,18-21H2,1H3,(H,48,50,53). The molecule has 4 aliphatic rings. The number of ether oxygens (including phenoxy) is 4. The van der Waals surface area contributed by atoms with Crippen LogP contribution < -0.4 is 20.1 Å². The summed E-state index contributed by atoms with van der Waals surface area (Å²) < 4.78 is 26.2. The molecule has 4 heterocycles. The van der Waals surface area contributed by atoms with Crippen molar-refractivity contribution in [1.29, 1.82) is 0 Å². The first-order chi connectivity index (χ1) is 27.8. The smallest absolute Gasteiger partial charge is 0.230 e. The van der Waals surface area contributed by atoms with Gasteiger partial charge in [-0.25, -0.2) is 4.98 Å². The molecule has 57 heavy (non-hydrogen) atoms. The van der Waals surface area contributed by atoms with Gasteiger partial charge >= 0.3 is 0 Å². The van der Waals surface area contributed by atoms with Crippen LogP contribution in [0.1, 0.15) is 65.7 Å². The number of hydrogen-bond acceptors (Lipinski definition) is 11. The number of fused-ring (bicyclic) bond motifs is 4. The van der Waals surface area contributed by atoms with Crippen LogP contribution in [-0.4, -0.2) is 88.6 Å². The van der Waals surface area contributed by atoms with E-state index in [1.807, 2.05) is 30.7 Å². The summed E-state index contributed by atoms with van der Waals surface area (Å²) in [7, 11) is 2.08. The number of nitrogens with zero attached hydrogens (tertiary/aromatic N) is 3. The number of aryl methyl sites for hydroxylation is 1. The number of rotatable bonds is 15. The van der Waals surface area contributed by atoms with Crippen LogP contribution >= 0.6 is 0 Å². The van der Waals surface area contributed by atoms with Crippen molar-refractivity contribution < 1.29 is 38.1 Å². The number of amides is 2. The van der Waals surface area contributed by atoms with Gasteiger partial charge in [-0.2, -0.15) is 0 Å². The van der Waals surface area contributed by atoms with Gasteiger partial charge in [-0.05, 0) is 67.6 Å². The molecule has 2 aromatic carbocycles. The van der Waals surface area contributed by atoms with E-state index in [4.69, 9.17) is 18.9 Å². The molecule has 294 valence electrons. The van der Waals surface area contributed by atoms with Gasteiger partial charge in [0.1, 0.15) is 18.0 Å². The van der Waals surface area contributed by atoms with Crippen LogP contribution in [0.3, 0.4) is 0 Å². The summed E-state index contributed by atoms with van der Waals surface area (Å²) in [4.78, 5) is 58.9. The van der Waals surface area contributed by atoms with Gasteiger partial charge in [-0.1, -0.05) is 12.1 Å². The summed E-state index contributed by atoms with van der Waals surface area (Å²) in [6, 6.07) is 17.8. The van der Waals surface area contributed by atoms with Crippen LogP contribution in [0.2, 0.25) is 0 Å². The quantitative estimate of drug-likeness (QED) is 0.0801. The van der Waals surface area contributed by atoms with Gasteiger partial charge < -0.3 is 28.8 Å². The summed E-state index contributed by atoms with van der Waals surface area (Å²) in [5, 5.41) is 8.09. The zero-order chi connectivity index (χ0) is 39.0. The second kappa shape index (κ2) is 15.8. The van der Waals surface area contributed by atoms with E-state index in [0.717, 1.165) is 66.2 Å². The second-order valence-corrected chi connectivity index (χ2v) is 15.6. The number of benzene rings is 2. The number of piperidine rings is 1. The Balaban J connectivity index is 0.618. The van der Waals surface area contributed by atoms with E-state index in [2.05, 4.69) is 56.5 Å². The van der Waals surface area contributed by atoms with Gasteiger partial charge in [0.05, 0.1) is 30.1 Å². The molecule has 13 heteroatoms. The minimum absolute atomic E-state index is 0.00578. The lowest BCUT2D eigenvalue weighted by atomic mass is 9.82. The molecule has 2 amide bonds. The number of pyridine rings is 2. The predicted molar refractivity (Wildman–Crippen MR) is 210 cm³/mol. The number of ketones is 2. The van der Waals surface area contributed by atoms with E-state index in [0.29, 0.717) is 43.1 Å². The second-order valence-electron chi connectivity index (χ2n) is 15.6. The summed E-state index contributed by atoms with van der Waals surface area (Å²) in [6.45, 7) is 2.63. The molecule has 2 unspecified atom stereocenters. The Morgan fingerprint density at radius 3 is 2.44 bits per heavy atom. The molecule has 3 fully saturated rings. The van der Waals surface area contributed by atoms with Crippen molar-refractivity contribution in [2.24, 2.45) is 18.9 Å². The Morgan fingerprint density at radius 1 is 0.789 bits per heavy atom. The fourth-order valence-corrected chi connectivity index (χ4v) is 8.51. The molecule has 3 aromatic heterocycles. The Kier molecular flexibility index (Phi) is 10.3. The molecular formula is C44H45N5O8. The molecule has 2 atom stereocenters. The third-order valence-corrected chi connectivity index (χ3v) is 11.9. The molecule has 0 spiro atoms. The molecule has 0 radical (unpaired) electrons. The highest BCUT2D eigenvalue weighted by molar-refractivity contribution is 6.28. The molecule has 1 aliphatic heterocycles. The van der Waals surface area contributed by atoms with Gasteiger partial charge in [0.2, 0.25) is 17.7 Å². The molecular weight excluding hydrogens is 727 g/mol. The van der Waals surface area contributed by atoms with Gasteiger partial charge in [-0.3, -0.25) is 29.5 Å². The SMILES string of the molecule is Cn1c2ccncc2c2ccc(-c3ccc(OC4CC(OCCCOCCNC5CC(Oc6ccc7c(c6)C(=O)C(C6CCC(=O)NC6=O)C7=O)C5)C4)nc3)cc21. The predicted octanol–water partition coefficient (Wildman–Crippen LogP) is 5.37. The maximum Gasteiger partial charge on any atom is 0.230 e. The number of aromatic nitrogens is 3. The molecule has 3 aliphatic carbocycles. The summed E-state index contributed by atoms with van der Waals surface area (Å²) >= 11 is 0. The van der Waals surface area contributed by atoms with E-state index in [1.54, 1.807) is 18.2 Å². The van der Waals surface area contributed by atoms with Crippen molar-refractivity contribution >= 4 is 45.2 Å². The van der Waals surface area contributed by atoms with Gasteiger partial charge in [0.25, 0.3) is 0 Å². The van der Waals surface area contributed by atoms with Crippen molar-refractivity contribution in [2.45, 2.75) is 69.3 Å². The molecule has 1 saturated heterocycles. The van der Waals surface area contributed by atoms with E-state index < -0.39 is 17.7 Å². The average molecular weight is 772 g/mol. The maximum absolute atomic E-state index is 13.2. The average Bonchev–Trinajstić information content (AvgIpc) is 3.61. The van der Waals surface area contributed by atoms with E-state index in [-0.39, 0.29) is 54.2 Å². The van der Waals surface area contributed by atoms with Crippen molar-refractivity contribution in [3.63, 3.8) is 0 Å². The summed E-state index contributed by atoms with van der Waals surface area (Å²) in [6.07, 6.45) is 10.4. The van der Waals surface area contributed by atoms with Crippen molar-refractivity contribution in [3.8, 4) is 22.8 Å². The Hall–Kier alpha value is -5.50. The lowest BCUT2D eigenvalue weighted by Gasteiger charge is -2.36. The molecule has 0 bridgehead atoms. The highest BCUT2D eigenvalue weighted by Crippen LogP contribution is 2.38. The summed E-state index contributed by atoms with van der Waals surface area (Å²) in [5.74, 6) is -2.41. The molecule has 9 rings (SSSR count). The van der Waals surface area contributed by atoms with Crippen LogP contribution in [-0.2, 0) is 26.1 Å². The fraction of sp³-hybridized carbons (Fsp3) is 0.409. The zero-order valence-corrected chi connectivity index (χ0v) is 31.8. The zero-order valence-electron chi connectivity index (χ0n) is 31.8. The lowest BCUT2D eigenvalue weighted by molar-refractivity contribution is -0.137.